The van der Waals surface area contributed by atoms with Crippen molar-refractivity contribution in [3.05, 3.63) is 77.0 Å². The Bertz CT molecular complexity index is 1060. The van der Waals surface area contributed by atoms with Crippen LogP contribution in [0.5, 0.6) is 0 Å². The average Bonchev–Trinajstić information content (AvgIpc) is 3.32. The number of benzene rings is 2. The molecular weight excluding hydrogens is 410 g/mol. The Kier molecular flexibility index (Phi) is 4.84. The second kappa shape index (κ2) is 7.59. The highest BCUT2D eigenvalue weighted by atomic mass is 79.9. The number of carbonyl (C=O) groups is 1. The van der Waals surface area contributed by atoms with Crippen LogP contribution in [-0.4, -0.2) is 16.1 Å². The molecule has 0 unspecified atom stereocenters. The molecular formula is C20H14BrN3O3. The minimum Gasteiger partial charge on any atom is -0.444 e. The third-order valence-corrected chi connectivity index (χ3v) is 4.31. The fourth-order valence-electron chi connectivity index (χ4n) is 2.60. The molecule has 0 atom stereocenters. The van der Waals surface area contributed by atoms with Crippen molar-refractivity contribution in [1.29, 1.82) is 0 Å². The highest BCUT2D eigenvalue weighted by molar-refractivity contribution is 9.10. The third-order valence-electron chi connectivity index (χ3n) is 3.88. The predicted molar refractivity (Wildman–Crippen MR) is 104 cm³/mol. The molecule has 0 aliphatic carbocycles. The van der Waals surface area contributed by atoms with Gasteiger partial charge in [-0.3, -0.25) is 10.1 Å². The summed E-state index contributed by atoms with van der Waals surface area (Å²) in [6.07, 6.45) is 0.207. The molecule has 0 aliphatic rings. The van der Waals surface area contributed by atoms with Gasteiger partial charge in [0.05, 0.1) is 6.42 Å². The largest absolute Gasteiger partial charge is 0.444 e. The summed E-state index contributed by atoms with van der Waals surface area (Å²) in [4.78, 5) is 12.2. The van der Waals surface area contributed by atoms with Gasteiger partial charge in [0.15, 0.2) is 10.4 Å². The van der Waals surface area contributed by atoms with Gasteiger partial charge in [0.25, 0.3) is 5.89 Å². The molecule has 134 valence electrons. The first-order valence-electron chi connectivity index (χ1n) is 8.21. The van der Waals surface area contributed by atoms with Gasteiger partial charge < -0.3 is 8.83 Å². The number of hydrogen-bond acceptors (Lipinski definition) is 5. The molecule has 0 saturated carbocycles. The van der Waals surface area contributed by atoms with Gasteiger partial charge in [0, 0.05) is 0 Å². The van der Waals surface area contributed by atoms with E-state index in [0.29, 0.717) is 10.4 Å². The Morgan fingerprint density at radius 3 is 2.33 bits per heavy atom. The number of aromatic nitrogens is 2. The lowest BCUT2D eigenvalue weighted by molar-refractivity contribution is -0.115. The lowest BCUT2D eigenvalue weighted by Gasteiger charge is -2.04. The second-order valence-corrected chi connectivity index (χ2v) is 6.59. The van der Waals surface area contributed by atoms with E-state index in [1.807, 2.05) is 54.6 Å². The molecule has 0 saturated heterocycles. The van der Waals surface area contributed by atoms with Crippen molar-refractivity contribution in [1.82, 2.24) is 10.2 Å². The molecule has 2 heterocycles. The topological polar surface area (TPSA) is 81.2 Å². The first-order valence-corrected chi connectivity index (χ1v) is 9.00. The first kappa shape index (κ1) is 17.2. The zero-order valence-electron chi connectivity index (χ0n) is 14.1. The molecule has 0 fully saturated rings. The van der Waals surface area contributed by atoms with Gasteiger partial charge in [-0.25, -0.2) is 0 Å². The number of carbonyl (C=O) groups excluding carboxylic acids is 1. The fraction of sp³-hybridized carbons (Fsp3) is 0.0500. The van der Waals surface area contributed by atoms with Crippen molar-refractivity contribution < 1.29 is 13.6 Å². The minimum atomic E-state index is -0.238. The maximum atomic E-state index is 12.2. The lowest BCUT2D eigenvalue weighted by Crippen LogP contribution is -2.14. The van der Waals surface area contributed by atoms with Crippen molar-refractivity contribution in [2.45, 2.75) is 6.42 Å². The van der Waals surface area contributed by atoms with Crippen LogP contribution in [0.3, 0.4) is 0 Å². The summed E-state index contributed by atoms with van der Waals surface area (Å²) < 4.78 is 11.3. The molecule has 1 amide bonds. The van der Waals surface area contributed by atoms with Crippen LogP contribution in [0.1, 0.15) is 5.56 Å². The van der Waals surface area contributed by atoms with Crippen molar-refractivity contribution in [3.8, 4) is 22.8 Å². The summed E-state index contributed by atoms with van der Waals surface area (Å²) in [6, 6.07) is 21.4. The zero-order chi connectivity index (χ0) is 18.6. The molecule has 6 nitrogen and oxygen atoms in total. The molecule has 2 aromatic carbocycles. The van der Waals surface area contributed by atoms with Crippen LogP contribution in [0.4, 0.5) is 6.01 Å². The summed E-state index contributed by atoms with van der Waals surface area (Å²) >= 11 is 3.21. The van der Waals surface area contributed by atoms with E-state index < -0.39 is 0 Å². The van der Waals surface area contributed by atoms with Gasteiger partial charge in [0.2, 0.25) is 5.91 Å². The molecule has 2 aromatic heterocycles. The van der Waals surface area contributed by atoms with Gasteiger partial charge in [-0.15, -0.1) is 5.10 Å². The number of furan rings is 1. The quantitative estimate of drug-likeness (QED) is 0.491. The van der Waals surface area contributed by atoms with E-state index in [4.69, 9.17) is 8.83 Å². The van der Waals surface area contributed by atoms with Gasteiger partial charge in [0.1, 0.15) is 0 Å². The van der Waals surface area contributed by atoms with Gasteiger partial charge in [-0.05, 0) is 44.8 Å². The number of amides is 1. The second-order valence-electron chi connectivity index (χ2n) is 5.80. The zero-order valence-corrected chi connectivity index (χ0v) is 15.6. The molecule has 0 bridgehead atoms. The maximum Gasteiger partial charge on any atom is 0.322 e. The Balaban J connectivity index is 1.39. The van der Waals surface area contributed by atoms with Crippen LogP contribution in [0, 0.1) is 0 Å². The van der Waals surface area contributed by atoms with E-state index in [0.717, 1.165) is 16.7 Å². The standard InChI is InChI=1S/C20H14BrN3O3/c21-17-11-10-16(26-17)19-23-24-20(27-19)22-18(25)12-13-6-8-15(9-7-13)14-4-2-1-3-5-14/h1-11H,12H2,(H,22,24,25). The normalized spacial score (nSPS) is 10.7. The molecule has 0 aliphatic heterocycles. The Morgan fingerprint density at radius 2 is 1.63 bits per heavy atom. The van der Waals surface area contributed by atoms with Crippen LogP contribution in [0.25, 0.3) is 22.8 Å². The number of nitrogens with zero attached hydrogens (tertiary/aromatic N) is 2. The van der Waals surface area contributed by atoms with Crippen molar-refractivity contribution in [3.63, 3.8) is 0 Å². The van der Waals surface area contributed by atoms with E-state index in [-0.39, 0.29) is 24.2 Å². The first-order chi connectivity index (χ1) is 13.2. The van der Waals surface area contributed by atoms with E-state index in [1.165, 1.54) is 0 Å². The molecule has 7 heteroatoms. The number of halogens is 1. The smallest absolute Gasteiger partial charge is 0.322 e. The molecule has 0 spiro atoms. The van der Waals surface area contributed by atoms with Gasteiger partial charge >= 0.3 is 6.01 Å². The Morgan fingerprint density at radius 1 is 0.889 bits per heavy atom. The Hall–Kier alpha value is -3.19. The maximum absolute atomic E-state index is 12.2. The number of rotatable bonds is 5. The van der Waals surface area contributed by atoms with Crippen LogP contribution in [0.15, 0.2) is 80.2 Å². The summed E-state index contributed by atoms with van der Waals surface area (Å²) in [5.74, 6) is 0.382. The van der Waals surface area contributed by atoms with Crippen molar-refractivity contribution in [2.75, 3.05) is 5.32 Å². The van der Waals surface area contributed by atoms with Gasteiger partial charge in [-0.2, -0.15) is 0 Å². The molecule has 1 N–H and O–H groups in total. The SMILES string of the molecule is O=C(Cc1ccc(-c2ccccc2)cc1)Nc1nnc(-c2ccc(Br)o2)o1. The summed E-state index contributed by atoms with van der Waals surface area (Å²) in [7, 11) is 0. The molecule has 4 aromatic rings. The fourth-order valence-corrected chi connectivity index (χ4v) is 2.90. The molecule has 0 radical (unpaired) electrons. The highest BCUT2D eigenvalue weighted by Gasteiger charge is 2.14. The van der Waals surface area contributed by atoms with E-state index in [9.17, 15) is 4.79 Å². The lowest BCUT2D eigenvalue weighted by atomic mass is 10.0. The molecule has 27 heavy (non-hydrogen) atoms. The Labute approximate surface area is 163 Å². The van der Waals surface area contributed by atoms with Crippen LogP contribution in [-0.2, 0) is 11.2 Å². The van der Waals surface area contributed by atoms with E-state index in [1.54, 1.807) is 12.1 Å². The van der Waals surface area contributed by atoms with E-state index in [2.05, 4.69) is 31.4 Å². The van der Waals surface area contributed by atoms with Crippen LogP contribution >= 0.6 is 15.9 Å². The van der Waals surface area contributed by atoms with E-state index >= 15 is 0 Å². The average molecular weight is 424 g/mol. The van der Waals surface area contributed by atoms with Crippen molar-refractivity contribution in [2.24, 2.45) is 0 Å². The summed E-state index contributed by atoms with van der Waals surface area (Å²) in [5.41, 5.74) is 3.13. The molecule has 4 rings (SSSR count). The van der Waals surface area contributed by atoms with Crippen LogP contribution < -0.4 is 5.32 Å². The third kappa shape index (κ3) is 4.15. The van der Waals surface area contributed by atoms with Crippen LogP contribution in [0.2, 0.25) is 0 Å². The highest BCUT2D eigenvalue weighted by Crippen LogP contribution is 2.25. The predicted octanol–water partition coefficient (Wildman–Crippen LogP) is 4.94. The number of nitrogens with one attached hydrogen (secondary N) is 1. The number of anilines is 1. The summed E-state index contributed by atoms with van der Waals surface area (Å²) in [6.45, 7) is 0. The number of hydrogen-bond donors (Lipinski definition) is 1. The van der Waals surface area contributed by atoms with Gasteiger partial charge in [-0.1, -0.05) is 59.7 Å². The van der Waals surface area contributed by atoms with Crippen molar-refractivity contribution >= 4 is 27.9 Å². The minimum absolute atomic E-state index is 0.0310. The summed E-state index contributed by atoms with van der Waals surface area (Å²) in [5, 5.41) is 10.3. The monoisotopic (exact) mass is 423 g/mol.